The van der Waals surface area contributed by atoms with Crippen LogP contribution in [-0.2, 0) is 9.53 Å². The van der Waals surface area contributed by atoms with Gasteiger partial charge in [-0.2, -0.15) is 0 Å². The zero-order chi connectivity index (χ0) is 15.2. The van der Waals surface area contributed by atoms with Crippen LogP contribution in [0.5, 0.6) is 0 Å². The van der Waals surface area contributed by atoms with Gasteiger partial charge in [0.25, 0.3) is 0 Å². The van der Waals surface area contributed by atoms with Gasteiger partial charge in [-0.1, -0.05) is 20.8 Å². The number of hydrogen-bond acceptors (Lipinski definition) is 3. The first-order chi connectivity index (χ1) is 8.53. The summed E-state index contributed by atoms with van der Waals surface area (Å²) in [5, 5.41) is 11.5. The van der Waals surface area contributed by atoms with Crippen molar-refractivity contribution in [3.63, 3.8) is 0 Å². The van der Waals surface area contributed by atoms with E-state index >= 15 is 0 Å². The summed E-state index contributed by atoms with van der Waals surface area (Å²) in [4.78, 5) is 22.7. The predicted molar refractivity (Wildman–Crippen MR) is 74.0 cm³/mol. The molecule has 112 valence electrons. The second-order valence-corrected chi connectivity index (χ2v) is 6.34. The summed E-state index contributed by atoms with van der Waals surface area (Å²) in [6.07, 6.45) is 0.482. The standard InChI is InChI=1S/C14H27NO4/c1-9(2)10(3)7-8-11(12(16)17)15-13(18)19-14(4,5)6/h9-11H,7-8H2,1-6H3,(H,15,18)(H,16,17). The molecule has 0 aliphatic heterocycles. The number of nitrogens with one attached hydrogen (secondary N) is 1. The maximum absolute atomic E-state index is 11.6. The van der Waals surface area contributed by atoms with E-state index in [4.69, 9.17) is 9.84 Å². The fourth-order valence-corrected chi connectivity index (χ4v) is 1.47. The number of ether oxygens (including phenoxy) is 1. The van der Waals surface area contributed by atoms with Gasteiger partial charge in [0.1, 0.15) is 11.6 Å². The topological polar surface area (TPSA) is 75.6 Å². The van der Waals surface area contributed by atoms with Crippen LogP contribution in [0.25, 0.3) is 0 Å². The molecule has 0 saturated heterocycles. The molecule has 0 heterocycles. The molecule has 0 aliphatic carbocycles. The van der Waals surface area contributed by atoms with E-state index in [2.05, 4.69) is 26.1 Å². The number of carboxylic acid groups (broad SMARTS) is 1. The van der Waals surface area contributed by atoms with Crippen molar-refractivity contribution in [2.24, 2.45) is 11.8 Å². The number of aliphatic carboxylic acids is 1. The van der Waals surface area contributed by atoms with E-state index in [1.165, 1.54) is 0 Å². The average molecular weight is 273 g/mol. The normalized spacial score (nSPS) is 14.9. The summed E-state index contributed by atoms with van der Waals surface area (Å²) in [5.41, 5.74) is -0.627. The molecule has 0 aromatic heterocycles. The molecule has 19 heavy (non-hydrogen) atoms. The second-order valence-electron chi connectivity index (χ2n) is 6.34. The third-order valence-corrected chi connectivity index (χ3v) is 3.04. The molecule has 2 unspecified atom stereocenters. The summed E-state index contributed by atoms with van der Waals surface area (Å²) in [5.74, 6) is -0.111. The molecule has 1 amide bonds. The van der Waals surface area contributed by atoms with Crippen molar-refractivity contribution >= 4 is 12.1 Å². The van der Waals surface area contributed by atoms with Crippen LogP contribution < -0.4 is 5.32 Å². The summed E-state index contributed by atoms with van der Waals surface area (Å²) < 4.78 is 5.06. The van der Waals surface area contributed by atoms with Gasteiger partial charge in [-0.15, -0.1) is 0 Å². The van der Waals surface area contributed by atoms with Crippen LogP contribution in [0.3, 0.4) is 0 Å². The molecule has 0 aromatic carbocycles. The van der Waals surface area contributed by atoms with Gasteiger partial charge in [0.15, 0.2) is 0 Å². The Hall–Kier alpha value is -1.26. The first-order valence-electron chi connectivity index (χ1n) is 6.75. The molecule has 0 bridgehead atoms. The highest BCUT2D eigenvalue weighted by molar-refractivity contribution is 5.79. The number of carbonyl (C=O) groups excluding carboxylic acids is 1. The van der Waals surface area contributed by atoms with E-state index in [1.54, 1.807) is 20.8 Å². The third-order valence-electron chi connectivity index (χ3n) is 3.04. The van der Waals surface area contributed by atoms with Gasteiger partial charge in [0.2, 0.25) is 0 Å². The van der Waals surface area contributed by atoms with Gasteiger partial charge in [-0.25, -0.2) is 9.59 Å². The van der Waals surface area contributed by atoms with E-state index < -0.39 is 23.7 Å². The molecule has 0 fully saturated rings. The van der Waals surface area contributed by atoms with Crippen LogP contribution in [0, 0.1) is 11.8 Å². The number of carbonyl (C=O) groups is 2. The fraction of sp³-hybridized carbons (Fsp3) is 0.857. The zero-order valence-corrected chi connectivity index (χ0v) is 12.8. The molecule has 0 aromatic rings. The molecular formula is C14H27NO4. The molecule has 2 N–H and O–H groups in total. The van der Waals surface area contributed by atoms with Crippen molar-refractivity contribution in [2.75, 3.05) is 0 Å². The molecular weight excluding hydrogens is 246 g/mol. The van der Waals surface area contributed by atoms with Gasteiger partial charge in [-0.05, 0) is 45.4 Å². The number of carboxylic acids is 1. The van der Waals surface area contributed by atoms with Crippen LogP contribution in [-0.4, -0.2) is 28.8 Å². The summed E-state index contributed by atoms with van der Waals surface area (Å²) in [6, 6.07) is -0.893. The van der Waals surface area contributed by atoms with E-state index in [9.17, 15) is 9.59 Å². The van der Waals surface area contributed by atoms with E-state index in [0.29, 0.717) is 18.3 Å². The maximum Gasteiger partial charge on any atom is 0.408 e. The third kappa shape index (κ3) is 8.46. The monoisotopic (exact) mass is 273 g/mol. The molecule has 0 radical (unpaired) electrons. The lowest BCUT2D eigenvalue weighted by Crippen LogP contribution is -2.43. The van der Waals surface area contributed by atoms with E-state index in [1.807, 2.05) is 0 Å². The largest absolute Gasteiger partial charge is 0.480 e. The number of amides is 1. The van der Waals surface area contributed by atoms with E-state index in [-0.39, 0.29) is 0 Å². The Morgan fingerprint density at radius 2 is 1.68 bits per heavy atom. The van der Waals surface area contributed by atoms with Crippen molar-refractivity contribution in [3.05, 3.63) is 0 Å². The van der Waals surface area contributed by atoms with Crippen molar-refractivity contribution in [2.45, 2.75) is 66.0 Å². The SMILES string of the molecule is CC(C)C(C)CCC(NC(=O)OC(C)(C)C)C(=O)O. The Balaban J connectivity index is 4.35. The molecule has 0 aliphatic rings. The zero-order valence-electron chi connectivity index (χ0n) is 12.8. The molecule has 2 atom stereocenters. The highest BCUT2D eigenvalue weighted by atomic mass is 16.6. The van der Waals surface area contributed by atoms with Crippen LogP contribution in [0.15, 0.2) is 0 Å². The smallest absolute Gasteiger partial charge is 0.408 e. The highest BCUT2D eigenvalue weighted by Gasteiger charge is 2.24. The lowest BCUT2D eigenvalue weighted by atomic mass is 9.91. The van der Waals surface area contributed by atoms with Crippen LogP contribution >= 0.6 is 0 Å². The van der Waals surface area contributed by atoms with Crippen LogP contribution in [0.1, 0.15) is 54.4 Å². The van der Waals surface area contributed by atoms with Gasteiger partial charge < -0.3 is 15.2 Å². The first kappa shape index (κ1) is 17.7. The lowest BCUT2D eigenvalue weighted by molar-refractivity contribution is -0.139. The van der Waals surface area contributed by atoms with Crippen molar-refractivity contribution in [1.82, 2.24) is 5.32 Å². The van der Waals surface area contributed by atoms with Crippen molar-refractivity contribution < 1.29 is 19.4 Å². The van der Waals surface area contributed by atoms with Crippen LogP contribution in [0.2, 0.25) is 0 Å². The predicted octanol–water partition coefficient (Wildman–Crippen LogP) is 3.04. The maximum atomic E-state index is 11.6. The molecule has 5 heteroatoms. The first-order valence-corrected chi connectivity index (χ1v) is 6.75. The average Bonchev–Trinajstić information content (AvgIpc) is 2.20. The number of rotatable bonds is 6. The lowest BCUT2D eigenvalue weighted by Gasteiger charge is -2.23. The number of alkyl carbamates (subject to hydrolysis) is 1. The molecule has 0 saturated carbocycles. The quantitative estimate of drug-likeness (QED) is 0.780. The van der Waals surface area contributed by atoms with E-state index in [0.717, 1.165) is 6.42 Å². The summed E-state index contributed by atoms with van der Waals surface area (Å²) in [6.45, 7) is 11.5. The van der Waals surface area contributed by atoms with Gasteiger partial charge in [0.05, 0.1) is 0 Å². The van der Waals surface area contributed by atoms with Gasteiger partial charge in [0, 0.05) is 0 Å². The molecule has 0 spiro atoms. The van der Waals surface area contributed by atoms with Crippen molar-refractivity contribution in [3.8, 4) is 0 Å². The Labute approximate surface area is 115 Å². The number of hydrogen-bond donors (Lipinski definition) is 2. The molecule has 0 rings (SSSR count). The Morgan fingerprint density at radius 3 is 2.05 bits per heavy atom. The minimum atomic E-state index is -1.03. The Morgan fingerprint density at radius 1 is 1.16 bits per heavy atom. The Kier molecular flexibility index (Phi) is 6.87. The fourth-order valence-electron chi connectivity index (χ4n) is 1.47. The highest BCUT2D eigenvalue weighted by Crippen LogP contribution is 2.17. The van der Waals surface area contributed by atoms with Gasteiger partial charge >= 0.3 is 12.1 Å². The summed E-state index contributed by atoms with van der Waals surface area (Å²) >= 11 is 0. The van der Waals surface area contributed by atoms with Gasteiger partial charge in [-0.3, -0.25) is 0 Å². The minimum Gasteiger partial charge on any atom is -0.480 e. The summed E-state index contributed by atoms with van der Waals surface area (Å²) in [7, 11) is 0. The van der Waals surface area contributed by atoms with Crippen molar-refractivity contribution in [1.29, 1.82) is 0 Å². The Bertz CT molecular complexity index is 307. The van der Waals surface area contributed by atoms with Crippen LogP contribution in [0.4, 0.5) is 4.79 Å². The molecule has 5 nitrogen and oxygen atoms in total. The minimum absolute atomic E-state index is 0.411. The second kappa shape index (κ2) is 7.36.